The Hall–Kier alpha value is -0.910. The SMILES string of the molecule is C[C@H](N)c1ccc(Sc2nccs2)nc1. The first-order valence-corrected chi connectivity index (χ1v) is 6.24. The molecule has 0 radical (unpaired) electrons. The van der Waals surface area contributed by atoms with Gasteiger partial charge in [0.25, 0.3) is 0 Å². The molecule has 0 aliphatic carbocycles. The van der Waals surface area contributed by atoms with Crippen molar-refractivity contribution in [2.24, 2.45) is 5.73 Å². The lowest BCUT2D eigenvalue weighted by Gasteiger charge is -2.04. The fraction of sp³-hybridized carbons (Fsp3) is 0.200. The number of nitrogens with zero attached hydrogens (tertiary/aromatic N) is 2. The second-order valence-electron chi connectivity index (χ2n) is 3.12. The van der Waals surface area contributed by atoms with Crippen molar-refractivity contribution in [2.75, 3.05) is 0 Å². The summed E-state index contributed by atoms with van der Waals surface area (Å²) in [6, 6.07) is 4.02. The van der Waals surface area contributed by atoms with Crippen LogP contribution in [0.1, 0.15) is 18.5 Å². The van der Waals surface area contributed by atoms with E-state index in [0.717, 1.165) is 14.9 Å². The van der Waals surface area contributed by atoms with Crippen LogP contribution in [0.5, 0.6) is 0 Å². The third-order valence-electron chi connectivity index (χ3n) is 1.89. The number of pyridine rings is 1. The predicted molar refractivity (Wildman–Crippen MR) is 63.1 cm³/mol. The average Bonchev–Trinajstić information content (AvgIpc) is 2.71. The summed E-state index contributed by atoms with van der Waals surface area (Å²) in [5.74, 6) is 0. The third kappa shape index (κ3) is 2.77. The molecule has 2 aromatic rings. The van der Waals surface area contributed by atoms with Crippen LogP contribution < -0.4 is 5.73 Å². The van der Waals surface area contributed by atoms with Gasteiger partial charge in [0.15, 0.2) is 4.34 Å². The topological polar surface area (TPSA) is 51.8 Å². The van der Waals surface area contributed by atoms with E-state index in [4.69, 9.17) is 5.73 Å². The number of hydrogen-bond donors (Lipinski definition) is 1. The summed E-state index contributed by atoms with van der Waals surface area (Å²) < 4.78 is 1.01. The van der Waals surface area contributed by atoms with E-state index in [1.807, 2.05) is 30.6 Å². The molecular weight excluding hydrogens is 226 g/mol. The fourth-order valence-corrected chi connectivity index (χ4v) is 2.58. The van der Waals surface area contributed by atoms with Crippen LogP contribution in [0.4, 0.5) is 0 Å². The standard InChI is InChI=1S/C10H11N3S2/c1-7(11)8-2-3-9(13-6-8)15-10-12-4-5-14-10/h2-7H,11H2,1H3/t7-/m0/s1. The Balaban J connectivity index is 2.11. The van der Waals surface area contributed by atoms with Crippen LogP contribution in [0.2, 0.25) is 0 Å². The molecule has 78 valence electrons. The van der Waals surface area contributed by atoms with Crippen LogP contribution in [0.3, 0.4) is 0 Å². The molecule has 0 aliphatic heterocycles. The van der Waals surface area contributed by atoms with Crippen molar-refractivity contribution in [3.8, 4) is 0 Å². The smallest absolute Gasteiger partial charge is 0.156 e. The van der Waals surface area contributed by atoms with Crippen molar-refractivity contribution in [1.29, 1.82) is 0 Å². The molecule has 0 bridgehead atoms. The summed E-state index contributed by atoms with van der Waals surface area (Å²) in [4.78, 5) is 8.51. The second-order valence-corrected chi connectivity index (χ2v) is 5.28. The van der Waals surface area contributed by atoms with E-state index in [-0.39, 0.29) is 6.04 Å². The zero-order chi connectivity index (χ0) is 10.7. The Kier molecular flexibility index (Phi) is 3.35. The van der Waals surface area contributed by atoms with Gasteiger partial charge in [-0.1, -0.05) is 6.07 Å². The van der Waals surface area contributed by atoms with Crippen LogP contribution in [-0.2, 0) is 0 Å². The Labute approximate surface area is 96.8 Å². The highest BCUT2D eigenvalue weighted by Gasteiger charge is 2.03. The number of rotatable bonds is 3. The van der Waals surface area contributed by atoms with E-state index >= 15 is 0 Å². The molecule has 1 atom stereocenters. The maximum absolute atomic E-state index is 5.74. The second kappa shape index (κ2) is 4.74. The molecular formula is C10H11N3S2. The molecule has 3 nitrogen and oxygen atoms in total. The van der Waals surface area contributed by atoms with E-state index in [1.165, 1.54) is 0 Å². The van der Waals surface area contributed by atoms with E-state index in [0.29, 0.717) is 0 Å². The summed E-state index contributed by atoms with van der Waals surface area (Å²) in [5, 5.41) is 2.91. The van der Waals surface area contributed by atoms with Gasteiger partial charge in [0.1, 0.15) is 5.03 Å². The molecule has 0 amide bonds. The van der Waals surface area contributed by atoms with Gasteiger partial charge in [-0.3, -0.25) is 0 Å². The van der Waals surface area contributed by atoms with Crippen LogP contribution in [-0.4, -0.2) is 9.97 Å². The van der Waals surface area contributed by atoms with Gasteiger partial charge in [-0.2, -0.15) is 0 Å². The minimum Gasteiger partial charge on any atom is -0.324 e. The first kappa shape index (κ1) is 10.6. The molecule has 15 heavy (non-hydrogen) atoms. The lowest BCUT2D eigenvalue weighted by Crippen LogP contribution is -2.04. The quantitative estimate of drug-likeness (QED) is 0.891. The number of nitrogens with two attached hydrogens (primary N) is 1. The van der Waals surface area contributed by atoms with Crippen molar-refractivity contribution < 1.29 is 0 Å². The Morgan fingerprint density at radius 1 is 1.40 bits per heavy atom. The van der Waals surface area contributed by atoms with Gasteiger partial charge >= 0.3 is 0 Å². The van der Waals surface area contributed by atoms with Crippen LogP contribution in [0, 0.1) is 0 Å². The summed E-state index contributed by atoms with van der Waals surface area (Å²) in [6.07, 6.45) is 3.62. The van der Waals surface area contributed by atoms with Gasteiger partial charge in [0.2, 0.25) is 0 Å². The number of hydrogen-bond acceptors (Lipinski definition) is 5. The molecule has 0 saturated carbocycles. The highest BCUT2D eigenvalue weighted by atomic mass is 32.2. The average molecular weight is 237 g/mol. The first-order valence-electron chi connectivity index (χ1n) is 4.54. The third-order valence-corrected chi connectivity index (χ3v) is 3.72. The number of aromatic nitrogens is 2. The fourth-order valence-electron chi connectivity index (χ4n) is 1.07. The summed E-state index contributed by atoms with van der Waals surface area (Å²) >= 11 is 3.19. The maximum atomic E-state index is 5.74. The van der Waals surface area contributed by atoms with Gasteiger partial charge in [0, 0.05) is 23.8 Å². The van der Waals surface area contributed by atoms with Crippen molar-refractivity contribution in [3.63, 3.8) is 0 Å². The summed E-state index contributed by atoms with van der Waals surface area (Å²) in [5.41, 5.74) is 6.80. The van der Waals surface area contributed by atoms with E-state index in [2.05, 4.69) is 9.97 Å². The Bertz CT molecular complexity index is 409. The van der Waals surface area contributed by atoms with Crippen LogP contribution >= 0.6 is 23.1 Å². The summed E-state index contributed by atoms with van der Waals surface area (Å²) in [7, 11) is 0. The number of thiazole rings is 1. The molecule has 2 N–H and O–H groups in total. The molecule has 5 heteroatoms. The first-order chi connectivity index (χ1) is 7.25. The monoisotopic (exact) mass is 237 g/mol. The van der Waals surface area contributed by atoms with Crippen molar-refractivity contribution in [3.05, 3.63) is 35.5 Å². The zero-order valence-corrected chi connectivity index (χ0v) is 9.89. The lowest BCUT2D eigenvalue weighted by atomic mass is 10.2. The van der Waals surface area contributed by atoms with Gasteiger partial charge in [-0.15, -0.1) is 11.3 Å². The minimum absolute atomic E-state index is 0.0383. The molecule has 2 heterocycles. The van der Waals surface area contributed by atoms with Crippen molar-refractivity contribution >= 4 is 23.1 Å². The highest BCUT2D eigenvalue weighted by molar-refractivity contribution is 8.00. The van der Waals surface area contributed by atoms with Crippen LogP contribution in [0.15, 0.2) is 39.3 Å². The maximum Gasteiger partial charge on any atom is 0.156 e. The summed E-state index contributed by atoms with van der Waals surface area (Å²) in [6.45, 7) is 1.95. The molecule has 0 fully saturated rings. The van der Waals surface area contributed by atoms with E-state index in [1.54, 1.807) is 29.3 Å². The van der Waals surface area contributed by atoms with Gasteiger partial charge in [-0.25, -0.2) is 9.97 Å². The van der Waals surface area contributed by atoms with Gasteiger partial charge < -0.3 is 5.73 Å². The molecule has 0 unspecified atom stereocenters. The largest absolute Gasteiger partial charge is 0.324 e. The molecule has 0 saturated heterocycles. The van der Waals surface area contributed by atoms with Crippen LogP contribution in [0.25, 0.3) is 0 Å². The molecule has 0 aromatic carbocycles. The molecule has 0 spiro atoms. The normalized spacial score (nSPS) is 12.7. The Morgan fingerprint density at radius 2 is 2.27 bits per heavy atom. The minimum atomic E-state index is 0.0383. The van der Waals surface area contributed by atoms with Gasteiger partial charge in [0.05, 0.1) is 0 Å². The Morgan fingerprint density at radius 3 is 2.80 bits per heavy atom. The van der Waals surface area contributed by atoms with E-state index < -0.39 is 0 Å². The van der Waals surface area contributed by atoms with Gasteiger partial charge in [-0.05, 0) is 30.3 Å². The molecule has 2 aromatic heterocycles. The highest BCUT2D eigenvalue weighted by Crippen LogP contribution is 2.27. The zero-order valence-electron chi connectivity index (χ0n) is 8.25. The predicted octanol–water partition coefficient (Wildman–Crippen LogP) is 2.71. The van der Waals surface area contributed by atoms with E-state index in [9.17, 15) is 0 Å². The van der Waals surface area contributed by atoms with Crippen molar-refractivity contribution in [2.45, 2.75) is 22.3 Å². The van der Waals surface area contributed by atoms with Crippen molar-refractivity contribution in [1.82, 2.24) is 9.97 Å². The lowest BCUT2D eigenvalue weighted by molar-refractivity contribution is 0.806. The molecule has 2 rings (SSSR count). The molecule has 0 aliphatic rings.